The van der Waals surface area contributed by atoms with Gasteiger partial charge in [-0.15, -0.1) is 11.6 Å². The number of carbonyl (C=O) groups excluding carboxylic acids is 1. The Hall–Kier alpha value is -1.67. The number of hydrogen-bond acceptors (Lipinski definition) is 1. The lowest BCUT2D eigenvalue weighted by Crippen LogP contribution is -2.01. The topological polar surface area (TPSA) is 17.1 Å². The van der Waals surface area contributed by atoms with Crippen molar-refractivity contribution < 1.29 is 9.18 Å². The molecule has 0 aromatic heterocycles. The van der Waals surface area contributed by atoms with Crippen LogP contribution in [-0.4, -0.2) is 5.78 Å². The maximum Gasteiger partial charge on any atom is 0.193 e. The van der Waals surface area contributed by atoms with E-state index in [1.54, 1.807) is 12.1 Å². The number of carbonyl (C=O) groups is 1. The van der Waals surface area contributed by atoms with E-state index < -0.39 is 0 Å². The largest absolute Gasteiger partial charge is 0.289 e. The molecule has 0 unspecified atom stereocenters. The summed E-state index contributed by atoms with van der Waals surface area (Å²) in [4.78, 5) is 12.0. The third-order valence-electron chi connectivity index (χ3n) is 2.48. The minimum absolute atomic E-state index is 0.119. The zero-order chi connectivity index (χ0) is 12.3. The standard InChI is InChI=1S/C14H10ClFO/c15-9-10-1-3-11(4-2-10)14(17)12-5-7-13(16)8-6-12/h1-8H,9H2. The van der Waals surface area contributed by atoms with Gasteiger partial charge >= 0.3 is 0 Å². The molecular weight excluding hydrogens is 239 g/mol. The lowest BCUT2D eigenvalue weighted by atomic mass is 10.0. The molecule has 0 aliphatic heterocycles. The highest BCUT2D eigenvalue weighted by atomic mass is 35.5. The second-order valence-electron chi connectivity index (χ2n) is 3.67. The first-order valence-electron chi connectivity index (χ1n) is 5.16. The van der Waals surface area contributed by atoms with Gasteiger partial charge in [-0.05, 0) is 29.8 Å². The number of hydrogen-bond donors (Lipinski definition) is 0. The zero-order valence-corrected chi connectivity index (χ0v) is 9.75. The van der Waals surface area contributed by atoms with Crippen LogP contribution in [-0.2, 0) is 5.88 Å². The van der Waals surface area contributed by atoms with Gasteiger partial charge in [-0.25, -0.2) is 4.39 Å². The van der Waals surface area contributed by atoms with Crippen molar-refractivity contribution in [2.75, 3.05) is 0 Å². The van der Waals surface area contributed by atoms with E-state index in [1.807, 2.05) is 12.1 Å². The van der Waals surface area contributed by atoms with Crippen LogP contribution in [0.4, 0.5) is 4.39 Å². The quantitative estimate of drug-likeness (QED) is 0.597. The summed E-state index contributed by atoms with van der Waals surface area (Å²) in [7, 11) is 0. The molecule has 0 radical (unpaired) electrons. The molecule has 0 aliphatic carbocycles. The van der Waals surface area contributed by atoms with E-state index in [2.05, 4.69) is 0 Å². The predicted molar refractivity (Wildman–Crippen MR) is 65.8 cm³/mol. The summed E-state index contributed by atoms with van der Waals surface area (Å²) in [6.45, 7) is 0. The van der Waals surface area contributed by atoms with Crippen molar-refractivity contribution in [3.63, 3.8) is 0 Å². The molecule has 0 bridgehead atoms. The van der Waals surface area contributed by atoms with Gasteiger partial charge in [0.05, 0.1) is 0 Å². The van der Waals surface area contributed by atoms with Crippen LogP contribution in [0.5, 0.6) is 0 Å². The summed E-state index contributed by atoms with van der Waals surface area (Å²) in [5, 5.41) is 0. The van der Waals surface area contributed by atoms with Crippen LogP contribution in [0.15, 0.2) is 48.5 Å². The maximum atomic E-state index is 12.7. The highest BCUT2D eigenvalue weighted by Gasteiger charge is 2.08. The summed E-state index contributed by atoms with van der Waals surface area (Å²) in [6.07, 6.45) is 0. The van der Waals surface area contributed by atoms with Crippen molar-refractivity contribution in [2.45, 2.75) is 5.88 Å². The minimum atomic E-state index is -0.348. The zero-order valence-electron chi connectivity index (χ0n) is 8.99. The van der Waals surface area contributed by atoms with Gasteiger partial charge in [-0.1, -0.05) is 24.3 Å². The van der Waals surface area contributed by atoms with Crippen LogP contribution in [0.1, 0.15) is 21.5 Å². The van der Waals surface area contributed by atoms with Crippen molar-refractivity contribution in [2.24, 2.45) is 0 Å². The predicted octanol–water partition coefficient (Wildman–Crippen LogP) is 3.80. The van der Waals surface area contributed by atoms with Crippen molar-refractivity contribution in [3.05, 3.63) is 71.0 Å². The van der Waals surface area contributed by atoms with Gasteiger partial charge in [0.15, 0.2) is 5.78 Å². The van der Waals surface area contributed by atoms with Gasteiger partial charge < -0.3 is 0 Å². The van der Waals surface area contributed by atoms with Crippen LogP contribution in [0, 0.1) is 5.82 Å². The van der Waals surface area contributed by atoms with Crippen LogP contribution >= 0.6 is 11.6 Å². The lowest BCUT2D eigenvalue weighted by molar-refractivity contribution is 0.103. The monoisotopic (exact) mass is 248 g/mol. The van der Waals surface area contributed by atoms with Gasteiger partial charge in [-0.2, -0.15) is 0 Å². The highest BCUT2D eigenvalue weighted by Crippen LogP contribution is 2.12. The Balaban J connectivity index is 2.27. The maximum absolute atomic E-state index is 12.7. The highest BCUT2D eigenvalue weighted by molar-refractivity contribution is 6.17. The second-order valence-corrected chi connectivity index (χ2v) is 3.93. The normalized spacial score (nSPS) is 10.2. The Morgan fingerprint density at radius 3 is 1.88 bits per heavy atom. The SMILES string of the molecule is O=C(c1ccc(F)cc1)c1ccc(CCl)cc1. The van der Waals surface area contributed by atoms with E-state index in [9.17, 15) is 9.18 Å². The number of rotatable bonds is 3. The molecule has 0 N–H and O–H groups in total. The molecule has 0 atom stereocenters. The van der Waals surface area contributed by atoms with E-state index >= 15 is 0 Å². The Morgan fingerprint density at radius 2 is 1.41 bits per heavy atom. The van der Waals surface area contributed by atoms with Crippen LogP contribution in [0.25, 0.3) is 0 Å². The summed E-state index contributed by atoms with van der Waals surface area (Å²) in [5.74, 6) is -0.0458. The molecular formula is C14H10ClFO. The fourth-order valence-electron chi connectivity index (χ4n) is 1.51. The van der Waals surface area contributed by atoms with Crippen molar-refractivity contribution >= 4 is 17.4 Å². The van der Waals surface area contributed by atoms with E-state index in [0.717, 1.165) is 5.56 Å². The summed E-state index contributed by atoms with van der Waals surface area (Å²) in [6, 6.07) is 12.6. The van der Waals surface area contributed by atoms with E-state index in [1.165, 1.54) is 24.3 Å². The molecule has 0 saturated carbocycles. The van der Waals surface area contributed by atoms with Gasteiger partial charge in [0, 0.05) is 17.0 Å². The molecule has 3 heteroatoms. The van der Waals surface area contributed by atoms with Gasteiger partial charge in [0.1, 0.15) is 5.82 Å². The summed E-state index contributed by atoms with van der Waals surface area (Å²) >= 11 is 5.67. The van der Waals surface area contributed by atoms with Crippen LogP contribution in [0.3, 0.4) is 0 Å². The molecule has 0 saturated heterocycles. The Morgan fingerprint density at radius 1 is 0.941 bits per heavy atom. The molecule has 86 valence electrons. The molecule has 0 heterocycles. The van der Waals surface area contributed by atoms with E-state index in [-0.39, 0.29) is 11.6 Å². The smallest absolute Gasteiger partial charge is 0.193 e. The first kappa shape index (κ1) is 11.8. The molecule has 17 heavy (non-hydrogen) atoms. The first-order chi connectivity index (χ1) is 8.20. The Labute approximate surface area is 104 Å². The van der Waals surface area contributed by atoms with Crippen LogP contribution in [0.2, 0.25) is 0 Å². The Kier molecular flexibility index (Phi) is 3.55. The third kappa shape index (κ3) is 2.71. The van der Waals surface area contributed by atoms with E-state index in [4.69, 9.17) is 11.6 Å². The molecule has 2 aromatic carbocycles. The molecule has 0 amide bonds. The number of alkyl halides is 1. The second kappa shape index (κ2) is 5.11. The fraction of sp³-hybridized carbons (Fsp3) is 0.0714. The molecule has 2 aromatic rings. The summed E-state index contributed by atoms with van der Waals surface area (Å²) < 4.78 is 12.7. The average Bonchev–Trinajstić information content (AvgIpc) is 2.39. The molecule has 0 aliphatic rings. The summed E-state index contributed by atoms with van der Waals surface area (Å²) in [5.41, 5.74) is 2.01. The molecule has 2 rings (SSSR count). The first-order valence-corrected chi connectivity index (χ1v) is 5.69. The molecule has 0 fully saturated rings. The number of ketones is 1. The lowest BCUT2D eigenvalue weighted by Gasteiger charge is -2.02. The Bertz CT molecular complexity index is 517. The number of benzene rings is 2. The average molecular weight is 249 g/mol. The van der Waals surface area contributed by atoms with Gasteiger partial charge in [0.2, 0.25) is 0 Å². The number of halogens is 2. The van der Waals surface area contributed by atoms with Crippen molar-refractivity contribution in [3.8, 4) is 0 Å². The van der Waals surface area contributed by atoms with Crippen LogP contribution < -0.4 is 0 Å². The molecule has 0 spiro atoms. The third-order valence-corrected chi connectivity index (χ3v) is 2.79. The fourth-order valence-corrected chi connectivity index (χ4v) is 1.69. The van der Waals surface area contributed by atoms with Crippen molar-refractivity contribution in [1.29, 1.82) is 0 Å². The minimum Gasteiger partial charge on any atom is -0.289 e. The van der Waals surface area contributed by atoms with Gasteiger partial charge in [0.25, 0.3) is 0 Å². The van der Waals surface area contributed by atoms with Gasteiger partial charge in [-0.3, -0.25) is 4.79 Å². The van der Waals surface area contributed by atoms with E-state index in [0.29, 0.717) is 17.0 Å². The van der Waals surface area contributed by atoms with Crippen molar-refractivity contribution in [1.82, 2.24) is 0 Å². The molecule has 1 nitrogen and oxygen atoms in total.